The van der Waals surface area contributed by atoms with E-state index in [2.05, 4.69) is 0 Å². The van der Waals surface area contributed by atoms with Crippen molar-refractivity contribution in [2.75, 3.05) is 27.2 Å². The quantitative estimate of drug-likeness (QED) is 0.644. The summed E-state index contributed by atoms with van der Waals surface area (Å²) in [4.78, 5) is 13.3. The number of halogens is 2. The lowest BCUT2D eigenvalue weighted by Gasteiger charge is -2.23. The molecule has 0 saturated heterocycles. The van der Waals surface area contributed by atoms with Crippen molar-refractivity contribution in [1.82, 2.24) is 9.21 Å². The summed E-state index contributed by atoms with van der Waals surface area (Å²) in [5, 5.41) is 0.782. The molecule has 9 heteroatoms. The molecule has 0 spiro atoms. The number of benzene rings is 2. The number of amides is 1. The molecule has 2 aromatic rings. The Morgan fingerprint density at radius 1 is 1.00 bits per heavy atom. The van der Waals surface area contributed by atoms with Gasteiger partial charge in [0, 0.05) is 18.7 Å². The van der Waals surface area contributed by atoms with E-state index in [-0.39, 0.29) is 17.0 Å². The highest BCUT2D eigenvalue weighted by atomic mass is 35.5. The predicted octanol–water partition coefficient (Wildman–Crippen LogP) is 3.23. The first-order chi connectivity index (χ1) is 13.1. The zero-order valence-electron chi connectivity index (χ0n) is 15.7. The normalized spacial score (nSPS) is 11.9. The Morgan fingerprint density at radius 3 is 2.18 bits per heavy atom. The zero-order chi connectivity index (χ0) is 20.9. The van der Waals surface area contributed by atoms with E-state index in [0.717, 1.165) is 12.1 Å². The Morgan fingerprint density at radius 2 is 1.64 bits per heavy atom. The lowest BCUT2D eigenvalue weighted by molar-refractivity contribution is 0.1000. The third-order valence-electron chi connectivity index (χ3n) is 4.13. The maximum atomic E-state index is 13.2. The molecule has 0 aliphatic rings. The zero-order valence-corrected chi connectivity index (χ0v) is 18.1. The molecule has 0 heterocycles. The van der Waals surface area contributed by atoms with E-state index in [1.54, 1.807) is 18.2 Å². The van der Waals surface area contributed by atoms with Gasteiger partial charge < -0.3 is 10.6 Å². The Labute approximate surface area is 175 Å². The summed E-state index contributed by atoms with van der Waals surface area (Å²) in [7, 11) is 0.0858. The molecule has 0 fully saturated rings. The van der Waals surface area contributed by atoms with Crippen LogP contribution in [0.15, 0.2) is 47.4 Å². The first-order valence-electron chi connectivity index (χ1n) is 8.60. The number of rotatable bonds is 9. The first-order valence-corrected chi connectivity index (χ1v) is 10.8. The number of carbonyl (C=O) groups is 1. The average Bonchev–Trinajstić information content (AvgIpc) is 2.63. The molecule has 0 aromatic heterocycles. The summed E-state index contributed by atoms with van der Waals surface area (Å²) in [6.45, 7) is 1.23. The largest absolute Gasteiger partial charge is 0.366 e. The molecule has 2 aromatic carbocycles. The highest BCUT2D eigenvalue weighted by Gasteiger charge is 2.25. The summed E-state index contributed by atoms with van der Waals surface area (Å²) < 4.78 is 27.8. The van der Waals surface area contributed by atoms with Crippen LogP contribution >= 0.6 is 23.2 Å². The molecule has 2 N–H and O–H groups in total. The topological polar surface area (TPSA) is 83.7 Å². The molecule has 0 saturated carbocycles. The van der Waals surface area contributed by atoms with E-state index in [4.69, 9.17) is 28.9 Å². The third kappa shape index (κ3) is 5.93. The number of sulfonamides is 1. The van der Waals surface area contributed by atoms with Crippen molar-refractivity contribution in [2.24, 2.45) is 5.73 Å². The molecule has 1 amide bonds. The fraction of sp³-hybridized carbons (Fsp3) is 0.316. The Bertz CT molecular complexity index is 932. The number of nitrogens with zero attached hydrogens (tertiary/aromatic N) is 2. The van der Waals surface area contributed by atoms with Gasteiger partial charge in [0.15, 0.2) is 0 Å². The summed E-state index contributed by atoms with van der Waals surface area (Å²) in [5.74, 6) is -0.609. The van der Waals surface area contributed by atoms with Crippen LogP contribution in [-0.4, -0.2) is 50.7 Å². The van der Waals surface area contributed by atoms with E-state index in [9.17, 15) is 13.2 Å². The fourth-order valence-electron chi connectivity index (χ4n) is 2.63. The van der Waals surface area contributed by atoms with Gasteiger partial charge in [-0.1, -0.05) is 29.3 Å². The minimum Gasteiger partial charge on any atom is -0.366 e. The van der Waals surface area contributed by atoms with Gasteiger partial charge in [0.2, 0.25) is 15.9 Å². The lowest BCUT2D eigenvalue weighted by atomic mass is 10.2. The maximum Gasteiger partial charge on any atom is 0.248 e. The van der Waals surface area contributed by atoms with Crippen LogP contribution in [0.5, 0.6) is 0 Å². The van der Waals surface area contributed by atoms with Gasteiger partial charge in [-0.25, -0.2) is 8.42 Å². The maximum absolute atomic E-state index is 13.2. The Kier molecular flexibility index (Phi) is 7.86. The van der Waals surface area contributed by atoms with Crippen molar-refractivity contribution in [2.45, 2.75) is 17.9 Å². The van der Waals surface area contributed by atoms with Crippen LogP contribution in [-0.2, 0) is 16.6 Å². The molecule has 0 bridgehead atoms. The molecule has 0 atom stereocenters. The van der Waals surface area contributed by atoms with Crippen LogP contribution < -0.4 is 5.73 Å². The van der Waals surface area contributed by atoms with E-state index >= 15 is 0 Å². The third-order valence-corrected chi connectivity index (χ3v) is 6.73. The average molecular weight is 444 g/mol. The minimum atomic E-state index is -3.78. The van der Waals surface area contributed by atoms with Crippen molar-refractivity contribution in [1.29, 1.82) is 0 Å². The molecule has 152 valence electrons. The molecule has 2 rings (SSSR count). The van der Waals surface area contributed by atoms with Crippen molar-refractivity contribution in [3.05, 3.63) is 63.6 Å². The number of hydrogen-bond acceptors (Lipinski definition) is 4. The van der Waals surface area contributed by atoms with Crippen LogP contribution in [0.1, 0.15) is 22.3 Å². The fourth-order valence-corrected chi connectivity index (χ4v) is 4.42. The molecule has 0 aliphatic carbocycles. The van der Waals surface area contributed by atoms with Gasteiger partial charge in [-0.3, -0.25) is 4.79 Å². The summed E-state index contributed by atoms with van der Waals surface area (Å²) in [6, 6.07) is 10.7. The van der Waals surface area contributed by atoms with Crippen LogP contribution in [0.4, 0.5) is 0 Å². The Balaban J connectivity index is 2.32. The summed E-state index contributed by atoms with van der Waals surface area (Å²) in [5.41, 5.74) is 6.21. The van der Waals surface area contributed by atoms with Gasteiger partial charge in [-0.05, 0) is 69.0 Å². The van der Waals surface area contributed by atoms with E-state index in [1.807, 2.05) is 19.0 Å². The van der Waals surface area contributed by atoms with Crippen LogP contribution in [0.3, 0.4) is 0 Å². The molecule has 28 heavy (non-hydrogen) atoms. The van der Waals surface area contributed by atoms with E-state index < -0.39 is 15.9 Å². The van der Waals surface area contributed by atoms with Gasteiger partial charge in [0.05, 0.1) is 14.9 Å². The first kappa shape index (κ1) is 22.6. The Hall–Kier alpha value is -1.64. The van der Waals surface area contributed by atoms with Crippen LogP contribution in [0.2, 0.25) is 10.0 Å². The number of hydrogen-bond donors (Lipinski definition) is 1. The van der Waals surface area contributed by atoms with Gasteiger partial charge in [-0.15, -0.1) is 0 Å². The monoisotopic (exact) mass is 443 g/mol. The molecule has 0 aliphatic heterocycles. The number of carbonyl (C=O) groups excluding carboxylic acids is 1. The number of nitrogens with two attached hydrogens (primary N) is 1. The van der Waals surface area contributed by atoms with Crippen LogP contribution in [0, 0.1) is 0 Å². The second kappa shape index (κ2) is 9.71. The molecule has 0 radical (unpaired) electrons. The lowest BCUT2D eigenvalue weighted by Crippen LogP contribution is -2.33. The molecular formula is C19H23Cl2N3O3S. The number of primary amides is 1. The SMILES string of the molecule is CN(C)CCCN(Cc1ccc(Cl)c(Cl)c1)S(=O)(=O)c1ccc(C(N)=O)cc1. The van der Waals surface area contributed by atoms with Gasteiger partial charge >= 0.3 is 0 Å². The van der Waals surface area contributed by atoms with Gasteiger partial charge in [0.25, 0.3) is 0 Å². The molecule has 6 nitrogen and oxygen atoms in total. The summed E-state index contributed by atoms with van der Waals surface area (Å²) in [6.07, 6.45) is 0.660. The standard InChI is InChI=1S/C19H23Cl2N3O3S/c1-23(2)10-3-11-24(13-14-4-9-17(20)18(21)12-14)28(26,27)16-7-5-15(6-8-16)19(22)25/h4-9,12H,3,10-11,13H2,1-2H3,(H2,22,25). The molecular weight excluding hydrogens is 421 g/mol. The van der Waals surface area contributed by atoms with E-state index in [1.165, 1.54) is 28.6 Å². The highest BCUT2D eigenvalue weighted by molar-refractivity contribution is 7.89. The van der Waals surface area contributed by atoms with Crippen molar-refractivity contribution in [3.63, 3.8) is 0 Å². The highest BCUT2D eigenvalue weighted by Crippen LogP contribution is 2.25. The predicted molar refractivity (Wildman–Crippen MR) is 112 cm³/mol. The van der Waals surface area contributed by atoms with Gasteiger partial charge in [0.1, 0.15) is 0 Å². The molecule has 0 unspecified atom stereocenters. The van der Waals surface area contributed by atoms with Crippen molar-refractivity contribution >= 4 is 39.1 Å². The van der Waals surface area contributed by atoms with Gasteiger partial charge in [-0.2, -0.15) is 4.31 Å². The van der Waals surface area contributed by atoms with Crippen LogP contribution in [0.25, 0.3) is 0 Å². The van der Waals surface area contributed by atoms with E-state index in [0.29, 0.717) is 23.0 Å². The van der Waals surface area contributed by atoms with Crippen molar-refractivity contribution < 1.29 is 13.2 Å². The van der Waals surface area contributed by atoms with Crippen molar-refractivity contribution in [3.8, 4) is 0 Å². The second-order valence-corrected chi connectivity index (χ2v) is 9.38. The smallest absolute Gasteiger partial charge is 0.248 e. The summed E-state index contributed by atoms with van der Waals surface area (Å²) >= 11 is 12.0. The minimum absolute atomic E-state index is 0.0995. The second-order valence-electron chi connectivity index (χ2n) is 6.63.